The van der Waals surface area contributed by atoms with Gasteiger partial charge in [-0.3, -0.25) is 9.59 Å². The highest BCUT2D eigenvalue weighted by Crippen LogP contribution is 2.12. The van der Waals surface area contributed by atoms with Crippen LogP contribution in [0.25, 0.3) is 0 Å². The molecular weight excluding hydrogens is 242 g/mol. The van der Waals surface area contributed by atoms with Gasteiger partial charge in [0.05, 0.1) is 12.6 Å². The summed E-state index contributed by atoms with van der Waals surface area (Å²) < 4.78 is 0. The topological polar surface area (TPSA) is 84.2 Å². The smallest absolute Gasteiger partial charge is 0.243 e. The summed E-state index contributed by atoms with van der Waals surface area (Å²) in [6, 6.07) is 6.87. The van der Waals surface area contributed by atoms with E-state index in [1.54, 1.807) is 0 Å². The highest BCUT2D eigenvalue weighted by molar-refractivity contribution is 5.95. The molecule has 0 aromatic heterocycles. The van der Waals surface area contributed by atoms with Crippen molar-refractivity contribution in [2.24, 2.45) is 11.7 Å². The van der Waals surface area contributed by atoms with Gasteiger partial charge in [-0.2, -0.15) is 0 Å². The van der Waals surface area contributed by atoms with Crippen LogP contribution >= 0.6 is 0 Å². The molecule has 0 aliphatic heterocycles. The lowest BCUT2D eigenvalue weighted by molar-refractivity contribution is -0.125. The van der Waals surface area contributed by atoms with E-state index in [1.165, 1.54) is 0 Å². The number of hydrogen-bond acceptors (Lipinski definition) is 3. The Hall–Kier alpha value is -1.88. The maximum atomic E-state index is 11.7. The second kappa shape index (κ2) is 6.89. The normalized spacial score (nSPS) is 12.1. The first-order chi connectivity index (χ1) is 8.91. The van der Waals surface area contributed by atoms with Gasteiger partial charge in [0.2, 0.25) is 11.8 Å². The first-order valence-electron chi connectivity index (χ1n) is 6.30. The Morgan fingerprint density at radius 1 is 1.26 bits per heavy atom. The van der Waals surface area contributed by atoms with Gasteiger partial charge in [-0.25, -0.2) is 0 Å². The molecule has 19 heavy (non-hydrogen) atoms. The van der Waals surface area contributed by atoms with Crippen LogP contribution in [0.15, 0.2) is 24.3 Å². The average molecular weight is 263 g/mol. The molecule has 4 N–H and O–H groups in total. The van der Waals surface area contributed by atoms with Crippen molar-refractivity contribution in [2.75, 3.05) is 11.9 Å². The van der Waals surface area contributed by atoms with Gasteiger partial charge in [0.1, 0.15) is 0 Å². The summed E-state index contributed by atoms with van der Waals surface area (Å²) in [4.78, 5) is 23.3. The number of anilines is 1. The Balaban J connectivity index is 2.45. The molecule has 0 saturated heterocycles. The van der Waals surface area contributed by atoms with Crippen LogP contribution in [0, 0.1) is 12.8 Å². The van der Waals surface area contributed by atoms with Gasteiger partial charge in [-0.05, 0) is 24.5 Å². The van der Waals surface area contributed by atoms with Crippen molar-refractivity contribution in [1.82, 2.24) is 5.32 Å². The van der Waals surface area contributed by atoms with Gasteiger partial charge < -0.3 is 16.4 Å². The number of hydrogen-bond donors (Lipinski definition) is 3. The van der Waals surface area contributed by atoms with Crippen LogP contribution in [0.2, 0.25) is 0 Å². The number of aryl methyl sites for hydroxylation is 1. The summed E-state index contributed by atoms with van der Waals surface area (Å²) in [5.74, 6) is -0.534. The van der Waals surface area contributed by atoms with Gasteiger partial charge in [-0.1, -0.05) is 32.0 Å². The molecule has 1 aromatic carbocycles. The Bertz CT molecular complexity index is 458. The number of benzene rings is 1. The largest absolute Gasteiger partial charge is 0.346 e. The number of para-hydroxylation sites is 1. The first kappa shape index (κ1) is 15.2. The van der Waals surface area contributed by atoms with Gasteiger partial charge >= 0.3 is 0 Å². The molecule has 0 unspecified atom stereocenters. The minimum absolute atomic E-state index is 0.0411. The van der Waals surface area contributed by atoms with Crippen LogP contribution in [0.5, 0.6) is 0 Å². The average Bonchev–Trinajstić information content (AvgIpc) is 2.37. The summed E-state index contributed by atoms with van der Waals surface area (Å²) in [7, 11) is 0. The van der Waals surface area contributed by atoms with Gasteiger partial charge in [0, 0.05) is 5.69 Å². The van der Waals surface area contributed by atoms with E-state index < -0.39 is 6.04 Å². The lowest BCUT2D eigenvalue weighted by Gasteiger charge is -2.15. The van der Waals surface area contributed by atoms with E-state index in [1.807, 2.05) is 45.0 Å². The number of carbonyl (C=O) groups excluding carboxylic acids is 2. The lowest BCUT2D eigenvalue weighted by atomic mass is 10.1. The van der Waals surface area contributed by atoms with Crippen molar-refractivity contribution in [3.8, 4) is 0 Å². The molecule has 0 bridgehead atoms. The zero-order chi connectivity index (χ0) is 14.4. The minimum atomic E-state index is -0.591. The maximum Gasteiger partial charge on any atom is 0.243 e. The van der Waals surface area contributed by atoms with Gasteiger partial charge in [0.15, 0.2) is 0 Å². The molecule has 1 aromatic rings. The Morgan fingerprint density at radius 3 is 2.47 bits per heavy atom. The Labute approximate surface area is 113 Å². The predicted octanol–water partition coefficient (Wildman–Crippen LogP) is 1.03. The van der Waals surface area contributed by atoms with E-state index in [9.17, 15) is 9.59 Å². The highest BCUT2D eigenvalue weighted by atomic mass is 16.2. The molecule has 5 nitrogen and oxygen atoms in total. The van der Waals surface area contributed by atoms with E-state index in [0.29, 0.717) is 0 Å². The second-order valence-corrected chi connectivity index (χ2v) is 4.85. The van der Waals surface area contributed by atoms with Crippen LogP contribution in [0.3, 0.4) is 0 Å². The third-order valence-electron chi connectivity index (χ3n) is 2.86. The number of rotatable bonds is 5. The van der Waals surface area contributed by atoms with E-state index in [-0.39, 0.29) is 24.3 Å². The number of amides is 2. The molecule has 2 amide bonds. The fourth-order valence-corrected chi connectivity index (χ4v) is 1.50. The van der Waals surface area contributed by atoms with Crippen molar-refractivity contribution < 1.29 is 9.59 Å². The van der Waals surface area contributed by atoms with Crippen molar-refractivity contribution >= 4 is 17.5 Å². The highest BCUT2D eigenvalue weighted by Gasteiger charge is 2.17. The molecule has 5 heteroatoms. The molecule has 0 aliphatic rings. The Kier molecular flexibility index (Phi) is 5.51. The standard InChI is InChI=1S/C14H21N3O2/c1-9(2)13(15)14(19)16-8-12(18)17-11-7-5-4-6-10(11)3/h4-7,9,13H,8,15H2,1-3H3,(H,16,19)(H,17,18)/t13-/m0/s1. The molecule has 1 rings (SSSR count). The van der Waals surface area contributed by atoms with E-state index in [0.717, 1.165) is 11.3 Å². The maximum absolute atomic E-state index is 11.7. The molecule has 0 radical (unpaired) electrons. The molecule has 0 spiro atoms. The summed E-state index contributed by atoms with van der Waals surface area (Å²) in [6.07, 6.45) is 0. The zero-order valence-electron chi connectivity index (χ0n) is 11.6. The summed E-state index contributed by atoms with van der Waals surface area (Å²) in [5.41, 5.74) is 7.40. The molecular formula is C14H21N3O2. The number of nitrogens with one attached hydrogen (secondary N) is 2. The molecule has 0 fully saturated rings. The van der Waals surface area contributed by atoms with Crippen LogP contribution in [0.1, 0.15) is 19.4 Å². The minimum Gasteiger partial charge on any atom is -0.346 e. The number of nitrogens with two attached hydrogens (primary N) is 1. The number of carbonyl (C=O) groups is 2. The van der Waals surface area contributed by atoms with Crippen molar-refractivity contribution in [3.05, 3.63) is 29.8 Å². The molecule has 0 aliphatic carbocycles. The molecule has 104 valence electrons. The predicted molar refractivity (Wildman–Crippen MR) is 75.6 cm³/mol. The van der Waals surface area contributed by atoms with Crippen LogP contribution < -0.4 is 16.4 Å². The van der Waals surface area contributed by atoms with Crippen LogP contribution in [-0.2, 0) is 9.59 Å². The van der Waals surface area contributed by atoms with Crippen LogP contribution in [-0.4, -0.2) is 24.4 Å². The third-order valence-corrected chi connectivity index (χ3v) is 2.86. The fourth-order valence-electron chi connectivity index (χ4n) is 1.50. The first-order valence-corrected chi connectivity index (χ1v) is 6.30. The van der Waals surface area contributed by atoms with Crippen molar-refractivity contribution in [1.29, 1.82) is 0 Å². The van der Waals surface area contributed by atoms with Crippen molar-refractivity contribution in [2.45, 2.75) is 26.8 Å². The Morgan fingerprint density at radius 2 is 1.89 bits per heavy atom. The van der Waals surface area contributed by atoms with E-state index in [4.69, 9.17) is 5.73 Å². The quantitative estimate of drug-likeness (QED) is 0.742. The van der Waals surface area contributed by atoms with Crippen molar-refractivity contribution in [3.63, 3.8) is 0 Å². The summed E-state index contributed by atoms with van der Waals surface area (Å²) in [5, 5.41) is 5.27. The molecule has 1 atom stereocenters. The molecule has 0 saturated carbocycles. The monoisotopic (exact) mass is 263 g/mol. The van der Waals surface area contributed by atoms with E-state index >= 15 is 0 Å². The lowest BCUT2D eigenvalue weighted by Crippen LogP contribution is -2.46. The third kappa shape index (κ3) is 4.71. The SMILES string of the molecule is Cc1ccccc1NC(=O)CNC(=O)[C@@H](N)C(C)C. The zero-order valence-corrected chi connectivity index (χ0v) is 11.6. The summed E-state index contributed by atoms with van der Waals surface area (Å²) >= 11 is 0. The molecule has 0 heterocycles. The van der Waals surface area contributed by atoms with Gasteiger partial charge in [-0.15, -0.1) is 0 Å². The second-order valence-electron chi connectivity index (χ2n) is 4.85. The fraction of sp³-hybridized carbons (Fsp3) is 0.429. The summed E-state index contributed by atoms with van der Waals surface area (Å²) in [6.45, 7) is 5.55. The van der Waals surface area contributed by atoms with Gasteiger partial charge in [0.25, 0.3) is 0 Å². The van der Waals surface area contributed by atoms with Crippen LogP contribution in [0.4, 0.5) is 5.69 Å². The van der Waals surface area contributed by atoms with E-state index in [2.05, 4.69) is 10.6 Å².